The molecule has 1 aromatic heterocycles. The normalized spacial score (nSPS) is 13.2. The summed E-state index contributed by atoms with van der Waals surface area (Å²) in [5, 5.41) is 2.86. The van der Waals surface area contributed by atoms with Crippen LogP contribution in [0.15, 0.2) is 54.9 Å². The number of fused-ring (bicyclic) bond motifs is 1. The van der Waals surface area contributed by atoms with Crippen LogP contribution in [0.1, 0.15) is 22.5 Å². The molecule has 1 aliphatic heterocycles. The maximum atomic E-state index is 13.4. The standard InChI is InChI=1S/C20H16F2N4O/c21-15-8-7-14(10-16(15)22)25-19-11-17(23-12-24-19)20(27)26-9-3-5-13-4-1-2-6-18(13)26/h1-2,4,6-8,10-12H,3,5,9H2,(H,23,24,25). The molecule has 0 spiro atoms. The number of nitrogens with one attached hydrogen (secondary N) is 1. The molecule has 5 nitrogen and oxygen atoms in total. The number of hydrogen-bond acceptors (Lipinski definition) is 4. The number of halogens is 2. The maximum Gasteiger partial charge on any atom is 0.277 e. The quantitative estimate of drug-likeness (QED) is 0.758. The van der Waals surface area contributed by atoms with E-state index in [4.69, 9.17) is 0 Å². The first-order valence-corrected chi connectivity index (χ1v) is 8.56. The fourth-order valence-corrected chi connectivity index (χ4v) is 3.15. The fourth-order valence-electron chi connectivity index (χ4n) is 3.15. The maximum absolute atomic E-state index is 13.4. The van der Waals surface area contributed by atoms with Crippen molar-refractivity contribution < 1.29 is 13.6 Å². The lowest BCUT2D eigenvalue weighted by Crippen LogP contribution is -2.36. The Balaban J connectivity index is 1.59. The molecule has 0 radical (unpaired) electrons. The topological polar surface area (TPSA) is 58.1 Å². The SMILES string of the molecule is O=C(c1cc(Nc2ccc(F)c(F)c2)ncn1)N1CCCc2ccccc21. The second-order valence-corrected chi connectivity index (χ2v) is 6.23. The number of aryl methyl sites for hydroxylation is 1. The number of para-hydroxylation sites is 1. The Kier molecular flexibility index (Phi) is 4.50. The van der Waals surface area contributed by atoms with Crippen LogP contribution in [-0.2, 0) is 6.42 Å². The number of anilines is 3. The Hall–Kier alpha value is -3.35. The lowest BCUT2D eigenvalue weighted by molar-refractivity contribution is 0.0980. The molecule has 1 N–H and O–H groups in total. The van der Waals surface area contributed by atoms with Crippen LogP contribution < -0.4 is 10.2 Å². The van der Waals surface area contributed by atoms with Crippen molar-refractivity contribution in [3.8, 4) is 0 Å². The van der Waals surface area contributed by atoms with Crippen molar-refractivity contribution in [3.05, 3.63) is 77.8 Å². The number of rotatable bonds is 3. The monoisotopic (exact) mass is 366 g/mol. The van der Waals surface area contributed by atoms with E-state index in [-0.39, 0.29) is 11.6 Å². The number of carbonyl (C=O) groups excluding carboxylic acids is 1. The van der Waals surface area contributed by atoms with Crippen LogP contribution in [-0.4, -0.2) is 22.4 Å². The van der Waals surface area contributed by atoms with Crippen LogP contribution in [0.2, 0.25) is 0 Å². The molecule has 27 heavy (non-hydrogen) atoms. The average molecular weight is 366 g/mol. The van der Waals surface area contributed by atoms with E-state index in [1.807, 2.05) is 24.3 Å². The van der Waals surface area contributed by atoms with Crippen molar-refractivity contribution in [2.24, 2.45) is 0 Å². The van der Waals surface area contributed by atoms with E-state index in [1.54, 1.807) is 4.90 Å². The first-order valence-electron chi connectivity index (χ1n) is 8.56. The largest absolute Gasteiger partial charge is 0.340 e. The Bertz CT molecular complexity index is 1010. The van der Waals surface area contributed by atoms with Crippen molar-refractivity contribution in [3.63, 3.8) is 0 Å². The van der Waals surface area contributed by atoms with Gasteiger partial charge >= 0.3 is 0 Å². The Labute approximate surface area is 154 Å². The van der Waals surface area contributed by atoms with Crippen LogP contribution >= 0.6 is 0 Å². The van der Waals surface area contributed by atoms with Gasteiger partial charge in [0.25, 0.3) is 5.91 Å². The second-order valence-electron chi connectivity index (χ2n) is 6.23. The fraction of sp³-hybridized carbons (Fsp3) is 0.150. The van der Waals surface area contributed by atoms with Crippen LogP contribution in [0.4, 0.5) is 26.0 Å². The molecule has 2 aromatic carbocycles. The van der Waals surface area contributed by atoms with E-state index in [0.29, 0.717) is 18.1 Å². The van der Waals surface area contributed by atoms with Crippen molar-refractivity contribution in [1.82, 2.24) is 9.97 Å². The van der Waals surface area contributed by atoms with Gasteiger partial charge in [-0.3, -0.25) is 4.79 Å². The summed E-state index contributed by atoms with van der Waals surface area (Å²) in [4.78, 5) is 22.8. The zero-order chi connectivity index (χ0) is 18.8. The zero-order valence-corrected chi connectivity index (χ0v) is 14.3. The van der Waals surface area contributed by atoms with Crippen LogP contribution in [0.3, 0.4) is 0 Å². The molecular formula is C20H16F2N4O. The number of hydrogen-bond donors (Lipinski definition) is 1. The second kappa shape index (κ2) is 7.11. The summed E-state index contributed by atoms with van der Waals surface area (Å²) in [6.07, 6.45) is 3.09. The third kappa shape index (κ3) is 3.48. The summed E-state index contributed by atoms with van der Waals surface area (Å²) in [5.74, 6) is -1.79. The molecule has 7 heteroatoms. The molecule has 0 saturated heterocycles. The number of nitrogens with zero attached hydrogens (tertiary/aromatic N) is 3. The molecule has 1 amide bonds. The highest BCUT2D eigenvalue weighted by Crippen LogP contribution is 2.28. The highest BCUT2D eigenvalue weighted by Gasteiger charge is 2.24. The van der Waals surface area contributed by atoms with Gasteiger partial charge in [0.15, 0.2) is 11.6 Å². The lowest BCUT2D eigenvalue weighted by atomic mass is 10.0. The smallest absolute Gasteiger partial charge is 0.277 e. The molecule has 136 valence electrons. The van der Waals surface area contributed by atoms with E-state index in [0.717, 1.165) is 36.2 Å². The molecule has 0 aliphatic carbocycles. The van der Waals surface area contributed by atoms with Gasteiger partial charge in [-0.05, 0) is 36.6 Å². The van der Waals surface area contributed by atoms with Gasteiger partial charge in [-0.1, -0.05) is 18.2 Å². The summed E-state index contributed by atoms with van der Waals surface area (Å²) < 4.78 is 26.4. The lowest BCUT2D eigenvalue weighted by Gasteiger charge is -2.29. The summed E-state index contributed by atoms with van der Waals surface area (Å²) in [6, 6.07) is 12.7. The predicted octanol–water partition coefficient (Wildman–Crippen LogP) is 4.09. The Morgan fingerprint density at radius 1 is 1.04 bits per heavy atom. The summed E-state index contributed by atoms with van der Waals surface area (Å²) in [6.45, 7) is 0.617. The van der Waals surface area contributed by atoms with E-state index < -0.39 is 11.6 Å². The van der Waals surface area contributed by atoms with E-state index >= 15 is 0 Å². The van der Waals surface area contributed by atoms with Gasteiger partial charge < -0.3 is 10.2 Å². The third-order valence-electron chi connectivity index (χ3n) is 4.43. The van der Waals surface area contributed by atoms with Crippen LogP contribution in [0.5, 0.6) is 0 Å². The van der Waals surface area contributed by atoms with Gasteiger partial charge in [0, 0.05) is 30.1 Å². The van der Waals surface area contributed by atoms with Gasteiger partial charge in [-0.15, -0.1) is 0 Å². The summed E-state index contributed by atoms with van der Waals surface area (Å²) in [7, 11) is 0. The van der Waals surface area contributed by atoms with Crippen molar-refractivity contribution in [2.45, 2.75) is 12.8 Å². The van der Waals surface area contributed by atoms with Gasteiger partial charge in [-0.25, -0.2) is 18.7 Å². The third-order valence-corrected chi connectivity index (χ3v) is 4.43. The minimum absolute atomic E-state index is 0.224. The zero-order valence-electron chi connectivity index (χ0n) is 14.3. The predicted molar refractivity (Wildman–Crippen MR) is 98.1 cm³/mol. The highest BCUT2D eigenvalue weighted by atomic mass is 19.2. The number of aromatic nitrogens is 2. The number of carbonyl (C=O) groups is 1. The van der Waals surface area contributed by atoms with E-state index in [2.05, 4.69) is 15.3 Å². The van der Waals surface area contributed by atoms with Gasteiger partial charge in [-0.2, -0.15) is 0 Å². The minimum atomic E-state index is -0.963. The minimum Gasteiger partial charge on any atom is -0.340 e. The average Bonchev–Trinajstić information content (AvgIpc) is 2.70. The molecule has 0 atom stereocenters. The van der Waals surface area contributed by atoms with Gasteiger partial charge in [0.1, 0.15) is 17.8 Å². The van der Waals surface area contributed by atoms with Crippen molar-refractivity contribution >= 4 is 23.1 Å². The van der Waals surface area contributed by atoms with Gasteiger partial charge in [0.05, 0.1) is 0 Å². The van der Waals surface area contributed by atoms with Crippen LogP contribution in [0, 0.1) is 11.6 Å². The van der Waals surface area contributed by atoms with E-state index in [1.165, 1.54) is 18.5 Å². The molecule has 2 heterocycles. The first-order chi connectivity index (χ1) is 13.1. The first kappa shape index (κ1) is 17.1. The Morgan fingerprint density at radius 2 is 1.89 bits per heavy atom. The Morgan fingerprint density at radius 3 is 2.74 bits per heavy atom. The van der Waals surface area contributed by atoms with Crippen LogP contribution in [0.25, 0.3) is 0 Å². The molecule has 0 unspecified atom stereocenters. The molecule has 0 saturated carbocycles. The number of benzene rings is 2. The molecule has 1 aliphatic rings. The number of amides is 1. The molecule has 4 rings (SSSR count). The van der Waals surface area contributed by atoms with Gasteiger partial charge in [0.2, 0.25) is 0 Å². The summed E-state index contributed by atoms with van der Waals surface area (Å²) in [5.41, 5.74) is 2.58. The molecule has 0 bridgehead atoms. The molecular weight excluding hydrogens is 350 g/mol. The molecule has 3 aromatic rings. The molecule has 0 fully saturated rings. The highest BCUT2D eigenvalue weighted by molar-refractivity contribution is 6.05. The van der Waals surface area contributed by atoms with Crippen molar-refractivity contribution in [2.75, 3.05) is 16.8 Å². The summed E-state index contributed by atoms with van der Waals surface area (Å²) >= 11 is 0. The van der Waals surface area contributed by atoms with E-state index in [9.17, 15) is 13.6 Å². The van der Waals surface area contributed by atoms with Crippen molar-refractivity contribution in [1.29, 1.82) is 0 Å².